The summed E-state index contributed by atoms with van der Waals surface area (Å²) in [6.07, 6.45) is 0. The van der Waals surface area contributed by atoms with Crippen LogP contribution in [-0.2, 0) is 19.1 Å². The van der Waals surface area contributed by atoms with Gasteiger partial charge in [-0.3, -0.25) is 9.59 Å². The van der Waals surface area contributed by atoms with Gasteiger partial charge in [0.05, 0.1) is 0 Å². The van der Waals surface area contributed by atoms with E-state index >= 15 is 0 Å². The highest BCUT2D eigenvalue weighted by molar-refractivity contribution is 5.94. The van der Waals surface area contributed by atoms with Gasteiger partial charge in [-0.05, 0) is 51.4 Å². The van der Waals surface area contributed by atoms with Crippen molar-refractivity contribution in [1.29, 1.82) is 0 Å². The Hall–Kier alpha value is -4.18. The highest BCUT2D eigenvalue weighted by Gasteiger charge is 2.33. The van der Waals surface area contributed by atoms with Crippen molar-refractivity contribution in [3.63, 3.8) is 0 Å². The number of benzene rings is 4. The van der Waals surface area contributed by atoms with Gasteiger partial charge in [-0.1, -0.05) is 97.1 Å². The second-order valence-electron chi connectivity index (χ2n) is 9.44. The lowest BCUT2D eigenvalue weighted by Crippen LogP contribution is -2.27. The van der Waals surface area contributed by atoms with Crippen LogP contribution in [0.4, 0.5) is 0 Å². The number of ether oxygens (including phenoxy) is 2. The fourth-order valence-electron chi connectivity index (χ4n) is 5.56. The van der Waals surface area contributed by atoms with E-state index in [0.29, 0.717) is 0 Å². The summed E-state index contributed by atoms with van der Waals surface area (Å²) in [5.41, 5.74) is 9.22. The van der Waals surface area contributed by atoms with Gasteiger partial charge >= 0.3 is 11.9 Å². The van der Waals surface area contributed by atoms with Gasteiger partial charge in [-0.15, -0.1) is 0 Å². The van der Waals surface area contributed by atoms with Gasteiger partial charge in [0.15, 0.2) is 5.92 Å². The molecule has 2 aliphatic carbocycles. The van der Waals surface area contributed by atoms with Crippen molar-refractivity contribution >= 4 is 11.9 Å². The van der Waals surface area contributed by atoms with Crippen molar-refractivity contribution in [2.24, 2.45) is 5.92 Å². The van der Waals surface area contributed by atoms with Crippen LogP contribution in [-0.4, -0.2) is 25.2 Å². The van der Waals surface area contributed by atoms with Gasteiger partial charge in [-0.25, -0.2) is 0 Å². The normalized spacial score (nSPS) is 13.6. The van der Waals surface area contributed by atoms with E-state index in [4.69, 9.17) is 9.47 Å². The molecule has 2 aliphatic rings. The van der Waals surface area contributed by atoms with E-state index in [9.17, 15) is 9.59 Å². The minimum Gasteiger partial charge on any atom is -0.464 e. The van der Waals surface area contributed by atoms with E-state index in [2.05, 4.69) is 48.5 Å². The molecule has 0 radical (unpaired) electrons. The molecule has 0 fully saturated rings. The molecule has 4 heteroatoms. The number of carbonyl (C=O) groups is 2. The lowest BCUT2D eigenvalue weighted by molar-refractivity contribution is -0.161. The largest absolute Gasteiger partial charge is 0.464 e. The summed E-state index contributed by atoms with van der Waals surface area (Å²) in [4.78, 5) is 25.7. The van der Waals surface area contributed by atoms with Crippen molar-refractivity contribution in [2.75, 3.05) is 13.2 Å². The molecular formula is C32H26O4. The molecular weight excluding hydrogens is 448 g/mol. The van der Waals surface area contributed by atoms with Gasteiger partial charge in [-0.2, -0.15) is 0 Å². The third kappa shape index (κ3) is 3.70. The number of rotatable bonds is 6. The second-order valence-corrected chi connectivity index (χ2v) is 9.44. The first-order valence-corrected chi connectivity index (χ1v) is 12.3. The van der Waals surface area contributed by atoms with Gasteiger partial charge in [0.2, 0.25) is 0 Å². The van der Waals surface area contributed by atoms with Crippen LogP contribution >= 0.6 is 0 Å². The Morgan fingerprint density at radius 2 is 0.833 bits per heavy atom. The third-order valence-electron chi connectivity index (χ3n) is 7.42. The van der Waals surface area contributed by atoms with Gasteiger partial charge in [0.25, 0.3) is 0 Å². The molecule has 0 bridgehead atoms. The first-order chi connectivity index (χ1) is 17.6. The second kappa shape index (κ2) is 9.12. The number of fused-ring (bicyclic) bond motifs is 6. The van der Waals surface area contributed by atoms with E-state index in [1.165, 1.54) is 22.3 Å². The summed E-state index contributed by atoms with van der Waals surface area (Å²) >= 11 is 0. The smallest absolute Gasteiger partial charge is 0.320 e. The average molecular weight is 475 g/mol. The van der Waals surface area contributed by atoms with Crippen molar-refractivity contribution in [1.82, 2.24) is 0 Å². The SMILES string of the molecule is CC(C(=O)OCC1c2ccccc2-c2ccccc21)C(=O)OCC1c2ccccc2-c2ccccc21. The lowest BCUT2D eigenvalue weighted by Gasteiger charge is -2.18. The molecule has 36 heavy (non-hydrogen) atoms. The van der Waals surface area contributed by atoms with Crippen LogP contribution in [0.5, 0.6) is 0 Å². The molecule has 0 spiro atoms. The molecule has 4 aromatic rings. The number of carbonyl (C=O) groups excluding carboxylic acids is 2. The number of esters is 2. The van der Waals surface area contributed by atoms with E-state index in [1.54, 1.807) is 6.92 Å². The maximum atomic E-state index is 12.8. The zero-order chi connectivity index (χ0) is 24.6. The van der Waals surface area contributed by atoms with Crippen LogP contribution in [0.25, 0.3) is 22.3 Å². The minimum atomic E-state index is -0.996. The lowest BCUT2D eigenvalue weighted by atomic mass is 9.98. The van der Waals surface area contributed by atoms with Crippen LogP contribution in [0.1, 0.15) is 41.0 Å². The van der Waals surface area contributed by atoms with Crippen LogP contribution in [0.15, 0.2) is 97.1 Å². The van der Waals surface area contributed by atoms with Crippen LogP contribution in [0.2, 0.25) is 0 Å². The summed E-state index contributed by atoms with van der Waals surface area (Å²) in [6.45, 7) is 1.93. The highest BCUT2D eigenvalue weighted by atomic mass is 16.6. The van der Waals surface area contributed by atoms with Gasteiger partial charge in [0.1, 0.15) is 13.2 Å². The zero-order valence-corrected chi connectivity index (χ0v) is 20.0. The van der Waals surface area contributed by atoms with Crippen LogP contribution in [0.3, 0.4) is 0 Å². The Bertz CT molecular complexity index is 1270. The Kier molecular flexibility index (Phi) is 5.65. The maximum Gasteiger partial charge on any atom is 0.320 e. The molecule has 0 saturated heterocycles. The summed E-state index contributed by atoms with van der Waals surface area (Å²) in [5.74, 6) is -2.21. The monoisotopic (exact) mass is 474 g/mol. The maximum absolute atomic E-state index is 12.8. The van der Waals surface area contributed by atoms with Crippen LogP contribution in [0, 0.1) is 5.92 Å². The first-order valence-electron chi connectivity index (χ1n) is 12.3. The number of hydrogen-bond acceptors (Lipinski definition) is 4. The average Bonchev–Trinajstić information content (AvgIpc) is 3.42. The van der Waals surface area contributed by atoms with E-state index in [0.717, 1.165) is 22.3 Å². The minimum absolute atomic E-state index is 0.0453. The van der Waals surface area contributed by atoms with Crippen molar-refractivity contribution < 1.29 is 19.1 Å². The Morgan fingerprint density at radius 3 is 1.14 bits per heavy atom. The van der Waals surface area contributed by atoms with Crippen molar-refractivity contribution in [2.45, 2.75) is 18.8 Å². The fourth-order valence-corrected chi connectivity index (χ4v) is 5.56. The van der Waals surface area contributed by atoms with Crippen molar-refractivity contribution in [3.05, 3.63) is 119 Å². The molecule has 6 rings (SSSR count). The van der Waals surface area contributed by atoms with Gasteiger partial charge in [0, 0.05) is 11.8 Å². The predicted molar refractivity (Wildman–Crippen MR) is 139 cm³/mol. The quantitative estimate of drug-likeness (QED) is 0.242. The molecule has 4 aromatic carbocycles. The standard InChI is InChI=1S/C32H26O4/c1-20(31(33)35-18-29-25-14-6-2-10-21(25)22-11-3-7-15-26(22)29)32(34)36-19-30-27-16-8-4-12-23(27)24-13-5-9-17-28(24)30/h2-17,20,29-30H,18-19H2,1H3. The molecule has 0 saturated carbocycles. The molecule has 0 amide bonds. The zero-order valence-electron chi connectivity index (χ0n) is 20.0. The Balaban J connectivity index is 1.11. The van der Waals surface area contributed by atoms with E-state index in [1.807, 2.05) is 48.5 Å². The summed E-state index contributed by atoms with van der Waals surface area (Å²) in [7, 11) is 0. The van der Waals surface area contributed by atoms with E-state index in [-0.39, 0.29) is 25.0 Å². The molecule has 0 N–H and O–H groups in total. The number of hydrogen-bond donors (Lipinski definition) is 0. The Labute approximate surface area is 210 Å². The molecule has 0 aliphatic heterocycles. The molecule has 0 heterocycles. The third-order valence-corrected chi connectivity index (χ3v) is 7.42. The predicted octanol–water partition coefficient (Wildman–Crippen LogP) is 6.33. The summed E-state index contributed by atoms with van der Waals surface area (Å²) in [6, 6.07) is 32.7. The molecule has 0 atom stereocenters. The molecule has 4 nitrogen and oxygen atoms in total. The Morgan fingerprint density at radius 1 is 0.556 bits per heavy atom. The summed E-state index contributed by atoms with van der Waals surface area (Å²) < 4.78 is 11.3. The topological polar surface area (TPSA) is 52.6 Å². The molecule has 178 valence electrons. The van der Waals surface area contributed by atoms with Gasteiger partial charge < -0.3 is 9.47 Å². The summed E-state index contributed by atoms with van der Waals surface area (Å²) in [5, 5.41) is 0. The van der Waals surface area contributed by atoms with E-state index < -0.39 is 17.9 Å². The fraction of sp³-hybridized carbons (Fsp3) is 0.188. The molecule has 0 unspecified atom stereocenters. The first kappa shape index (κ1) is 22.3. The molecule has 0 aromatic heterocycles. The van der Waals surface area contributed by atoms with Crippen molar-refractivity contribution in [3.8, 4) is 22.3 Å². The highest BCUT2D eigenvalue weighted by Crippen LogP contribution is 2.45. The van der Waals surface area contributed by atoms with Crippen LogP contribution < -0.4 is 0 Å².